The summed E-state index contributed by atoms with van der Waals surface area (Å²) in [7, 11) is -3.13. The number of hydrogen-bond acceptors (Lipinski definition) is 8. The molecular formula is C21H23N3O5S2. The van der Waals surface area contributed by atoms with Crippen molar-refractivity contribution >= 4 is 27.5 Å². The summed E-state index contributed by atoms with van der Waals surface area (Å²) < 4.78 is 35.0. The highest BCUT2D eigenvalue weighted by Gasteiger charge is 2.35. The molecule has 164 valence electrons. The van der Waals surface area contributed by atoms with Gasteiger partial charge in [0.15, 0.2) is 9.84 Å². The van der Waals surface area contributed by atoms with E-state index in [1.54, 1.807) is 17.0 Å². The van der Waals surface area contributed by atoms with Crippen LogP contribution in [0.15, 0.2) is 50.7 Å². The highest BCUT2D eigenvalue weighted by atomic mass is 32.2. The molecule has 0 N–H and O–H groups in total. The molecule has 1 aliphatic rings. The first-order valence-electron chi connectivity index (χ1n) is 9.86. The van der Waals surface area contributed by atoms with Gasteiger partial charge < -0.3 is 13.7 Å². The number of thioether (sulfide) groups is 1. The van der Waals surface area contributed by atoms with E-state index in [9.17, 15) is 13.2 Å². The van der Waals surface area contributed by atoms with E-state index in [4.69, 9.17) is 8.83 Å². The number of rotatable bonds is 7. The number of hydrogen-bond donors (Lipinski definition) is 0. The minimum Gasteiger partial charge on any atom is -0.467 e. The predicted octanol–water partition coefficient (Wildman–Crippen LogP) is 3.25. The molecule has 3 heterocycles. The first kappa shape index (κ1) is 21.6. The molecule has 1 aromatic carbocycles. The van der Waals surface area contributed by atoms with Crippen LogP contribution in [0.1, 0.15) is 23.3 Å². The third-order valence-electron chi connectivity index (χ3n) is 5.07. The molecule has 0 bridgehead atoms. The van der Waals surface area contributed by atoms with Crippen molar-refractivity contribution in [3.8, 4) is 11.5 Å². The fraction of sp³-hybridized carbons (Fsp3) is 0.381. The first-order valence-corrected chi connectivity index (χ1v) is 12.7. The van der Waals surface area contributed by atoms with E-state index >= 15 is 0 Å². The van der Waals surface area contributed by atoms with E-state index in [1.807, 2.05) is 26.0 Å². The molecule has 8 nitrogen and oxygen atoms in total. The summed E-state index contributed by atoms with van der Waals surface area (Å²) in [4.78, 5) is 14.6. The van der Waals surface area contributed by atoms with E-state index in [0.717, 1.165) is 28.5 Å². The van der Waals surface area contributed by atoms with Crippen LogP contribution in [0.25, 0.3) is 11.5 Å². The van der Waals surface area contributed by atoms with Gasteiger partial charge in [-0.25, -0.2) is 8.42 Å². The van der Waals surface area contributed by atoms with Crippen LogP contribution < -0.4 is 0 Å². The second-order valence-electron chi connectivity index (χ2n) is 7.70. The van der Waals surface area contributed by atoms with E-state index in [1.165, 1.54) is 6.26 Å². The third kappa shape index (κ3) is 5.37. The van der Waals surface area contributed by atoms with Crippen molar-refractivity contribution in [1.82, 2.24) is 15.1 Å². The van der Waals surface area contributed by atoms with Gasteiger partial charge in [0.25, 0.3) is 5.22 Å². The molecule has 31 heavy (non-hydrogen) atoms. The second kappa shape index (κ2) is 8.88. The standard InChI is InChI=1S/C21H23N3O5S2/c1-14-8-15(2)10-16(9-14)20-22-23-21(29-20)30-12-19(25)24(11-18-4-3-6-28-18)17-5-7-31(26,27)13-17/h3-4,6,8-10,17H,5,7,11-13H2,1-2H3. The van der Waals surface area contributed by atoms with Gasteiger partial charge in [-0.1, -0.05) is 29.0 Å². The van der Waals surface area contributed by atoms with E-state index in [-0.39, 0.29) is 35.8 Å². The maximum atomic E-state index is 13.0. The zero-order valence-electron chi connectivity index (χ0n) is 17.3. The van der Waals surface area contributed by atoms with E-state index < -0.39 is 9.84 Å². The van der Waals surface area contributed by atoms with Gasteiger partial charge in [-0.3, -0.25) is 4.79 Å². The first-order chi connectivity index (χ1) is 14.8. The molecule has 4 rings (SSSR count). The van der Waals surface area contributed by atoms with Crippen molar-refractivity contribution in [2.24, 2.45) is 0 Å². The number of carbonyl (C=O) groups excluding carboxylic acids is 1. The molecule has 1 aliphatic heterocycles. The van der Waals surface area contributed by atoms with Crippen LogP contribution in [-0.2, 0) is 21.2 Å². The van der Waals surface area contributed by atoms with Gasteiger partial charge in [-0.15, -0.1) is 10.2 Å². The lowest BCUT2D eigenvalue weighted by Gasteiger charge is -2.27. The number of aromatic nitrogens is 2. The number of furan rings is 1. The summed E-state index contributed by atoms with van der Waals surface area (Å²) in [5, 5.41) is 8.42. The summed E-state index contributed by atoms with van der Waals surface area (Å²) in [6.45, 7) is 4.22. The number of carbonyl (C=O) groups is 1. The van der Waals surface area contributed by atoms with Gasteiger partial charge in [0.1, 0.15) is 5.76 Å². The van der Waals surface area contributed by atoms with Gasteiger partial charge in [-0.05, 0) is 44.5 Å². The molecule has 0 aliphatic carbocycles. The minimum atomic E-state index is -3.13. The fourth-order valence-electron chi connectivity index (χ4n) is 3.70. The summed E-state index contributed by atoms with van der Waals surface area (Å²) in [6, 6.07) is 9.13. The van der Waals surface area contributed by atoms with Crippen molar-refractivity contribution in [1.29, 1.82) is 0 Å². The number of aryl methyl sites for hydroxylation is 2. The number of amides is 1. The summed E-state index contributed by atoms with van der Waals surface area (Å²) in [6.07, 6.45) is 1.96. The maximum Gasteiger partial charge on any atom is 0.277 e. The fourth-order valence-corrected chi connectivity index (χ4v) is 6.08. The van der Waals surface area contributed by atoms with Crippen LogP contribution >= 0.6 is 11.8 Å². The van der Waals surface area contributed by atoms with Crippen molar-refractivity contribution in [2.45, 2.75) is 38.1 Å². The Bertz CT molecular complexity index is 1150. The van der Waals surface area contributed by atoms with Gasteiger partial charge in [0.2, 0.25) is 11.8 Å². The molecule has 0 saturated carbocycles. The number of sulfone groups is 1. The Morgan fingerprint density at radius 1 is 1.23 bits per heavy atom. The number of nitrogens with zero attached hydrogens (tertiary/aromatic N) is 3. The van der Waals surface area contributed by atoms with Crippen LogP contribution in [0.2, 0.25) is 0 Å². The van der Waals surface area contributed by atoms with Crippen molar-refractivity contribution in [3.05, 3.63) is 53.5 Å². The van der Waals surface area contributed by atoms with Crippen LogP contribution in [0.5, 0.6) is 0 Å². The molecular weight excluding hydrogens is 438 g/mol. The summed E-state index contributed by atoms with van der Waals surface area (Å²) in [5.41, 5.74) is 3.02. The molecule has 1 fully saturated rings. The van der Waals surface area contributed by atoms with Crippen molar-refractivity contribution < 1.29 is 22.0 Å². The van der Waals surface area contributed by atoms with Gasteiger partial charge in [-0.2, -0.15) is 0 Å². The molecule has 1 saturated heterocycles. The molecule has 10 heteroatoms. The maximum absolute atomic E-state index is 13.0. The monoisotopic (exact) mass is 461 g/mol. The SMILES string of the molecule is Cc1cc(C)cc(-c2nnc(SCC(=O)N(Cc3ccco3)C3CCS(=O)(=O)C3)o2)c1. The van der Waals surface area contributed by atoms with Gasteiger partial charge in [0.05, 0.1) is 30.1 Å². The largest absolute Gasteiger partial charge is 0.467 e. The van der Waals surface area contributed by atoms with Gasteiger partial charge in [0, 0.05) is 11.6 Å². The highest BCUT2D eigenvalue weighted by molar-refractivity contribution is 7.99. The van der Waals surface area contributed by atoms with Crippen LogP contribution in [0.3, 0.4) is 0 Å². The average molecular weight is 462 g/mol. The Kier molecular flexibility index (Phi) is 6.19. The Balaban J connectivity index is 1.44. The highest BCUT2D eigenvalue weighted by Crippen LogP contribution is 2.26. The third-order valence-corrected chi connectivity index (χ3v) is 7.62. The lowest BCUT2D eigenvalue weighted by Crippen LogP contribution is -2.41. The smallest absolute Gasteiger partial charge is 0.277 e. The predicted molar refractivity (Wildman–Crippen MR) is 116 cm³/mol. The molecule has 1 amide bonds. The average Bonchev–Trinajstić information content (AvgIpc) is 3.44. The lowest BCUT2D eigenvalue weighted by molar-refractivity contribution is -0.131. The van der Waals surface area contributed by atoms with Crippen LogP contribution in [0, 0.1) is 13.8 Å². The Morgan fingerprint density at radius 3 is 2.65 bits per heavy atom. The second-order valence-corrected chi connectivity index (χ2v) is 10.9. The van der Waals surface area contributed by atoms with E-state index in [0.29, 0.717) is 23.3 Å². The lowest BCUT2D eigenvalue weighted by atomic mass is 10.1. The molecule has 0 radical (unpaired) electrons. The minimum absolute atomic E-state index is 0.0263. The molecule has 1 atom stereocenters. The molecule has 1 unspecified atom stereocenters. The Labute approximate surface area is 184 Å². The molecule has 2 aromatic heterocycles. The van der Waals surface area contributed by atoms with Crippen LogP contribution in [-0.4, -0.2) is 52.7 Å². The Morgan fingerprint density at radius 2 is 2.00 bits per heavy atom. The van der Waals surface area contributed by atoms with Crippen molar-refractivity contribution in [3.63, 3.8) is 0 Å². The number of benzene rings is 1. The normalized spacial score (nSPS) is 17.7. The molecule has 0 spiro atoms. The summed E-state index contributed by atoms with van der Waals surface area (Å²) in [5.74, 6) is 0.936. The van der Waals surface area contributed by atoms with E-state index in [2.05, 4.69) is 16.3 Å². The van der Waals surface area contributed by atoms with Gasteiger partial charge >= 0.3 is 0 Å². The van der Waals surface area contributed by atoms with Crippen molar-refractivity contribution in [2.75, 3.05) is 17.3 Å². The Hall–Kier alpha value is -2.59. The quantitative estimate of drug-likeness (QED) is 0.494. The van der Waals surface area contributed by atoms with Crippen LogP contribution in [0.4, 0.5) is 0 Å². The zero-order valence-corrected chi connectivity index (χ0v) is 18.9. The topological polar surface area (TPSA) is 107 Å². The zero-order chi connectivity index (χ0) is 22.0. The summed E-state index contributed by atoms with van der Waals surface area (Å²) >= 11 is 1.14. The molecule has 3 aromatic rings.